The van der Waals surface area contributed by atoms with Gasteiger partial charge in [0.05, 0.1) is 28.1 Å². The van der Waals surface area contributed by atoms with Crippen molar-refractivity contribution in [2.24, 2.45) is 5.10 Å². The predicted molar refractivity (Wildman–Crippen MR) is 226 cm³/mol. The number of fused-ring (bicyclic) bond motifs is 3. The predicted octanol–water partition coefficient (Wildman–Crippen LogP) is 12.4. The maximum atomic E-state index is 5.64. The molecule has 1 aromatic heterocycles. The molecule has 4 heteroatoms. The Morgan fingerprint density at radius 1 is 0.352 bits per heavy atom. The Morgan fingerprint density at radius 3 is 1.26 bits per heavy atom. The molecule has 10 rings (SSSR count). The molecule has 8 aromatic carbocycles. The number of anilines is 2. The molecule has 0 bridgehead atoms. The first-order valence-corrected chi connectivity index (χ1v) is 18.4. The van der Waals surface area contributed by atoms with Crippen molar-refractivity contribution in [3.63, 3.8) is 0 Å². The molecule has 0 aliphatic carbocycles. The minimum Gasteiger partial charge on any atom is -0.307 e. The number of hydrogen-bond acceptors (Lipinski definition) is 3. The zero-order valence-corrected chi connectivity index (χ0v) is 29.6. The highest BCUT2D eigenvalue weighted by molar-refractivity contribution is 6.16. The van der Waals surface area contributed by atoms with Crippen LogP contribution in [0.25, 0.3) is 60.9 Å². The summed E-state index contributed by atoms with van der Waals surface area (Å²) < 4.78 is 2.42. The van der Waals surface area contributed by atoms with Gasteiger partial charge in [0.1, 0.15) is 6.67 Å². The fourth-order valence-electron chi connectivity index (χ4n) is 8.05. The Labute approximate surface area is 315 Å². The van der Waals surface area contributed by atoms with E-state index in [9.17, 15) is 0 Å². The standard InChI is InChI=1S/C50H36N4/c1-5-19-36(20-6-1)40-29-17-30-41(37-21-7-2-8-22-37)48(40)52-35-53(51-50(52)39-25-11-4-12-26-39)49-42(38-23-9-3-10-24-38)31-18-34-47(49)54-45-32-15-13-27-43(45)44-28-14-16-33-46(44)54/h1-34H,35H2. The summed E-state index contributed by atoms with van der Waals surface area (Å²) in [7, 11) is 0. The normalized spacial score (nSPS) is 12.8. The Hall–Kier alpha value is -7.17. The molecule has 0 unspecified atom stereocenters. The molecular formula is C50H36N4. The highest BCUT2D eigenvalue weighted by Crippen LogP contribution is 2.46. The first-order valence-electron chi connectivity index (χ1n) is 18.4. The second-order valence-electron chi connectivity index (χ2n) is 13.6. The van der Waals surface area contributed by atoms with E-state index >= 15 is 0 Å². The van der Waals surface area contributed by atoms with Crippen molar-refractivity contribution < 1.29 is 0 Å². The molecule has 1 aliphatic heterocycles. The van der Waals surface area contributed by atoms with Crippen LogP contribution in [0.15, 0.2) is 211 Å². The van der Waals surface area contributed by atoms with Crippen molar-refractivity contribution in [2.45, 2.75) is 0 Å². The quantitative estimate of drug-likeness (QED) is 0.166. The van der Waals surface area contributed by atoms with E-state index in [1.54, 1.807) is 0 Å². The topological polar surface area (TPSA) is 23.8 Å². The highest BCUT2D eigenvalue weighted by atomic mass is 15.6. The molecular weight excluding hydrogens is 657 g/mol. The molecule has 0 atom stereocenters. The van der Waals surface area contributed by atoms with Crippen LogP contribution in [0.1, 0.15) is 5.56 Å². The van der Waals surface area contributed by atoms with Crippen LogP contribution in [-0.4, -0.2) is 17.1 Å². The summed E-state index contributed by atoms with van der Waals surface area (Å²) in [6, 6.07) is 73.5. The van der Waals surface area contributed by atoms with Crippen LogP contribution in [-0.2, 0) is 0 Å². The lowest BCUT2D eigenvalue weighted by atomic mass is 9.94. The Morgan fingerprint density at radius 2 is 0.759 bits per heavy atom. The van der Waals surface area contributed by atoms with E-state index in [1.165, 1.54) is 10.8 Å². The van der Waals surface area contributed by atoms with E-state index in [2.05, 4.69) is 221 Å². The second-order valence-corrected chi connectivity index (χ2v) is 13.6. The lowest BCUT2D eigenvalue weighted by Gasteiger charge is -2.29. The number of rotatable bonds is 7. The van der Waals surface area contributed by atoms with Crippen molar-refractivity contribution >= 4 is 39.0 Å². The maximum absolute atomic E-state index is 5.64. The van der Waals surface area contributed by atoms with Gasteiger partial charge in [-0.2, -0.15) is 5.10 Å². The number of aromatic nitrogens is 1. The number of nitrogens with zero attached hydrogens (tertiary/aromatic N) is 4. The zero-order chi connectivity index (χ0) is 35.8. The summed E-state index contributed by atoms with van der Waals surface area (Å²) >= 11 is 0. The fourth-order valence-corrected chi connectivity index (χ4v) is 8.05. The monoisotopic (exact) mass is 692 g/mol. The first-order chi connectivity index (χ1) is 26.8. The van der Waals surface area contributed by atoms with Gasteiger partial charge in [0, 0.05) is 33.0 Å². The third-order valence-electron chi connectivity index (χ3n) is 10.4. The van der Waals surface area contributed by atoms with E-state index in [-0.39, 0.29) is 0 Å². The van der Waals surface area contributed by atoms with E-state index in [4.69, 9.17) is 5.10 Å². The molecule has 0 spiro atoms. The van der Waals surface area contributed by atoms with Crippen LogP contribution in [0, 0.1) is 0 Å². The van der Waals surface area contributed by atoms with Gasteiger partial charge in [-0.15, -0.1) is 0 Å². The summed E-state index contributed by atoms with van der Waals surface area (Å²) in [6.07, 6.45) is 0. The fraction of sp³-hybridized carbons (Fsp3) is 0.0200. The molecule has 54 heavy (non-hydrogen) atoms. The largest absolute Gasteiger partial charge is 0.307 e. The van der Waals surface area contributed by atoms with Gasteiger partial charge in [-0.05, 0) is 34.9 Å². The molecule has 4 nitrogen and oxygen atoms in total. The molecule has 9 aromatic rings. The molecule has 0 amide bonds. The second kappa shape index (κ2) is 13.4. The van der Waals surface area contributed by atoms with Gasteiger partial charge >= 0.3 is 0 Å². The minimum absolute atomic E-state index is 0.502. The molecule has 0 radical (unpaired) electrons. The lowest BCUT2D eigenvalue weighted by molar-refractivity contribution is 0.906. The van der Waals surface area contributed by atoms with Crippen LogP contribution in [0.5, 0.6) is 0 Å². The lowest BCUT2D eigenvalue weighted by Crippen LogP contribution is -2.32. The van der Waals surface area contributed by atoms with Crippen LogP contribution in [0.4, 0.5) is 11.4 Å². The van der Waals surface area contributed by atoms with Crippen LogP contribution < -0.4 is 9.91 Å². The number of hydrogen-bond donors (Lipinski definition) is 0. The van der Waals surface area contributed by atoms with E-state index < -0.39 is 0 Å². The van der Waals surface area contributed by atoms with Crippen molar-refractivity contribution in [3.05, 3.63) is 212 Å². The van der Waals surface area contributed by atoms with Crippen molar-refractivity contribution in [3.8, 4) is 39.1 Å². The molecule has 0 saturated heterocycles. The average Bonchev–Trinajstić information content (AvgIpc) is 3.84. The third-order valence-corrected chi connectivity index (χ3v) is 10.4. The summed E-state index contributed by atoms with van der Waals surface area (Å²) in [6.45, 7) is 0.502. The van der Waals surface area contributed by atoms with Gasteiger partial charge < -0.3 is 9.47 Å². The number of para-hydroxylation sites is 4. The Kier molecular flexibility index (Phi) is 7.85. The molecule has 0 fully saturated rings. The van der Waals surface area contributed by atoms with Gasteiger partial charge in [0.2, 0.25) is 0 Å². The third kappa shape index (κ3) is 5.35. The van der Waals surface area contributed by atoms with Gasteiger partial charge in [0.25, 0.3) is 0 Å². The smallest absolute Gasteiger partial charge is 0.162 e. The Balaban J connectivity index is 1.25. The minimum atomic E-state index is 0.502. The molecule has 1 aliphatic rings. The zero-order valence-electron chi connectivity index (χ0n) is 29.6. The molecule has 0 N–H and O–H groups in total. The summed E-state index contributed by atoms with van der Waals surface area (Å²) in [5.41, 5.74) is 13.5. The van der Waals surface area contributed by atoms with E-state index in [0.29, 0.717) is 6.67 Å². The van der Waals surface area contributed by atoms with Crippen molar-refractivity contribution in [2.75, 3.05) is 16.6 Å². The molecule has 256 valence electrons. The highest BCUT2D eigenvalue weighted by Gasteiger charge is 2.33. The van der Waals surface area contributed by atoms with Crippen molar-refractivity contribution in [1.82, 2.24) is 4.57 Å². The van der Waals surface area contributed by atoms with Crippen LogP contribution in [0.3, 0.4) is 0 Å². The summed E-state index contributed by atoms with van der Waals surface area (Å²) in [4.78, 5) is 2.41. The van der Waals surface area contributed by atoms with Crippen molar-refractivity contribution in [1.29, 1.82) is 0 Å². The summed E-state index contributed by atoms with van der Waals surface area (Å²) in [5.74, 6) is 0.896. The number of benzene rings is 8. The molecule has 2 heterocycles. The van der Waals surface area contributed by atoms with E-state index in [0.717, 1.165) is 72.9 Å². The number of amidine groups is 1. The molecule has 0 saturated carbocycles. The summed E-state index contributed by atoms with van der Waals surface area (Å²) in [5, 5.41) is 10.3. The van der Waals surface area contributed by atoms with Gasteiger partial charge in [-0.25, -0.2) is 5.01 Å². The number of hydrazone groups is 1. The van der Waals surface area contributed by atoms with Crippen LogP contribution in [0.2, 0.25) is 0 Å². The van der Waals surface area contributed by atoms with E-state index in [1.807, 2.05) is 0 Å². The first kappa shape index (κ1) is 31.6. The van der Waals surface area contributed by atoms with Gasteiger partial charge in [-0.3, -0.25) is 0 Å². The van der Waals surface area contributed by atoms with Crippen LogP contribution >= 0.6 is 0 Å². The van der Waals surface area contributed by atoms with Gasteiger partial charge in [0.15, 0.2) is 5.84 Å². The average molecular weight is 693 g/mol. The maximum Gasteiger partial charge on any atom is 0.162 e. The Bertz CT molecular complexity index is 2680. The van der Waals surface area contributed by atoms with Gasteiger partial charge in [-0.1, -0.05) is 188 Å². The SMILES string of the molecule is c1ccc(C2=NN(c3c(-c4ccccc4)cccc3-n3c4ccccc4c4ccccc43)CN2c2c(-c3ccccc3)cccc2-c2ccccc2)cc1.